The van der Waals surface area contributed by atoms with Crippen LogP contribution in [0.2, 0.25) is 0 Å². The average molecular weight is 375 g/mol. The van der Waals surface area contributed by atoms with Crippen LogP contribution in [0.1, 0.15) is 9.67 Å². The van der Waals surface area contributed by atoms with Crippen molar-refractivity contribution in [3.05, 3.63) is 41.0 Å². The fraction of sp³-hybridized carbons (Fsp3) is 0.143. The number of hydrogen-bond donors (Lipinski definition) is 2. The molecule has 0 unspecified atom stereocenters. The van der Waals surface area contributed by atoms with Gasteiger partial charge in [-0.05, 0) is 11.4 Å². The summed E-state index contributed by atoms with van der Waals surface area (Å²) in [6, 6.07) is 3.44. The smallest absolute Gasteiger partial charge is 0.279 e. The number of nitrogens with zero attached hydrogens (tertiary/aromatic N) is 5. The number of carbonyl (C=O) groups excluding carboxylic acids is 2. The Kier molecular flexibility index (Phi) is 5.36. The summed E-state index contributed by atoms with van der Waals surface area (Å²) in [5, 5.41) is 10.4. The van der Waals surface area contributed by atoms with Crippen molar-refractivity contribution in [1.29, 1.82) is 0 Å². The van der Waals surface area contributed by atoms with E-state index in [0.29, 0.717) is 21.6 Å². The molecule has 0 atom stereocenters. The molecule has 9 nitrogen and oxygen atoms in total. The molecule has 3 heterocycles. The molecule has 11 heteroatoms. The van der Waals surface area contributed by atoms with Gasteiger partial charge in [0.1, 0.15) is 5.69 Å². The van der Waals surface area contributed by atoms with Crippen molar-refractivity contribution in [1.82, 2.24) is 35.6 Å². The first-order chi connectivity index (χ1) is 12.1. The molecule has 0 fully saturated rings. The van der Waals surface area contributed by atoms with Gasteiger partial charge < -0.3 is 4.57 Å². The number of rotatable bonds is 5. The van der Waals surface area contributed by atoms with Crippen molar-refractivity contribution in [2.75, 3.05) is 5.75 Å². The molecule has 2 N–H and O–H groups in total. The third-order valence-corrected chi connectivity index (χ3v) is 4.91. The first-order valence-corrected chi connectivity index (χ1v) is 8.93. The Morgan fingerprint density at radius 2 is 2.16 bits per heavy atom. The van der Waals surface area contributed by atoms with Crippen molar-refractivity contribution < 1.29 is 9.59 Å². The molecule has 0 aliphatic carbocycles. The van der Waals surface area contributed by atoms with E-state index in [1.54, 1.807) is 47.7 Å². The second-order valence-corrected chi connectivity index (χ2v) is 6.61. The highest BCUT2D eigenvalue weighted by molar-refractivity contribution is 7.99. The topological polar surface area (TPSA) is 115 Å². The maximum Gasteiger partial charge on any atom is 0.279 e. The van der Waals surface area contributed by atoms with E-state index in [4.69, 9.17) is 0 Å². The van der Waals surface area contributed by atoms with Crippen molar-refractivity contribution in [3.63, 3.8) is 0 Å². The summed E-state index contributed by atoms with van der Waals surface area (Å²) in [5.41, 5.74) is 5.33. The van der Waals surface area contributed by atoms with Crippen LogP contribution in [0.4, 0.5) is 0 Å². The highest BCUT2D eigenvalue weighted by Crippen LogP contribution is 2.20. The summed E-state index contributed by atoms with van der Waals surface area (Å²) in [4.78, 5) is 32.3. The normalized spacial score (nSPS) is 10.4. The highest BCUT2D eigenvalue weighted by Gasteiger charge is 2.14. The van der Waals surface area contributed by atoms with Crippen molar-refractivity contribution in [2.24, 2.45) is 7.05 Å². The lowest BCUT2D eigenvalue weighted by Gasteiger charge is -2.06. The summed E-state index contributed by atoms with van der Waals surface area (Å²) < 4.78 is 1.73. The summed E-state index contributed by atoms with van der Waals surface area (Å²) in [6.45, 7) is 0. The van der Waals surface area contributed by atoms with E-state index in [0.717, 1.165) is 0 Å². The van der Waals surface area contributed by atoms with E-state index < -0.39 is 0 Å². The molecule has 128 valence electrons. The molecule has 3 aromatic heterocycles. The van der Waals surface area contributed by atoms with Crippen LogP contribution in [0, 0.1) is 0 Å². The third-order valence-electron chi connectivity index (χ3n) is 3.02. The standard InChI is InChI=1S/C14H13N7O2S2/c1-21-12(9-7-15-4-5-16-9)18-20-14(21)25-8-11(22)17-19-13(23)10-3-2-6-24-10/h2-7H,8H2,1H3,(H,17,22)(H,19,23). The van der Waals surface area contributed by atoms with Gasteiger partial charge in [-0.1, -0.05) is 17.8 Å². The Morgan fingerprint density at radius 1 is 1.28 bits per heavy atom. The monoisotopic (exact) mass is 375 g/mol. The number of carbonyl (C=O) groups is 2. The third kappa shape index (κ3) is 4.19. The van der Waals surface area contributed by atoms with Gasteiger partial charge in [-0.25, -0.2) is 4.98 Å². The van der Waals surface area contributed by atoms with Crippen molar-refractivity contribution in [2.45, 2.75) is 5.16 Å². The van der Waals surface area contributed by atoms with Gasteiger partial charge in [0, 0.05) is 19.4 Å². The van der Waals surface area contributed by atoms with Crippen LogP contribution in [-0.2, 0) is 11.8 Å². The Labute approximate surface area is 150 Å². The van der Waals surface area contributed by atoms with Gasteiger partial charge in [-0.3, -0.25) is 25.4 Å². The van der Waals surface area contributed by atoms with Gasteiger partial charge in [0.2, 0.25) is 5.91 Å². The van der Waals surface area contributed by atoms with Crippen molar-refractivity contribution >= 4 is 34.9 Å². The summed E-state index contributed by atoms with van der Waals surface area (Å²) in [5.74, 6) is -0.0603. The lowest BCUT2D eigenvalue weighted by molar-refractivity contribution is -0.119. The molecule has 0 aliphatic heterocycles. The summed E-state index contributed by atoms with van der Waals surface area (Å²) in [7, 11) is 1.78. The quantitative estimate of drug-likeness (QED) is 0.503. The van der Waals surface area contributed by atoms with Crippen LogP contribution in [0.15, 0.2) is 41.3 Å². The molecule has 3 rings (SSSR count). The van der Waals surface area contributed by atoms with E-state index in [1.165, 1.54) is 23.1 Å². The van der Waals surface area contributed by atoms with E-state index in [-0.39, 0.29) is 17.6 Å². The molecule has 0 bridgehead atoms. The number of nitrogens with one attached hydrogen (secondary N) is 2. The molecule has 0 spiro atoms. The van der Waals surface area contributed by atoms with E-state index in [9.17, 15) is 9.59 Å². The second-order valence-electron chi connectivity index (χ2n) is 4.72. The molecule has 0 saturated carbocycles. The zero-order valence-electron chi connectivity index (χ0n) is 13.0. The first-order valence-electron chi connectivity index (χ1n) is 7.06. The van der Waals surface area contributed by atoms with Crippen LogP contribution >= 0.6 is 23.1 Å². The predicted molar refractivity (Wildman–Crippen MR) is 92.7 cm³/mol. The number of aromatic nitrogens is 5. The number of thioether (sulfide) groups is 1. The SMILES string of the molecule is Cn1c(SCC(=O)NNC(=O)c2cccs2)nnc1-c1cnccn1. The molecular formula is C14H13N7O2S2. The Hall–Kier alpha value is -2.79. The van der Waals surface area contributed by atoms with Gasteiger partial charge in [0.05, 0.1) is 16.8 Å². The maximum absolute atomic E-state index is 11.9. The lowest BCUT2D eigenvalue weighted by atomic mass is 10.4. The number of amides is 2. The lowest BCUT2D eigenvalue weighted by Crippen LogP contribution is -2.42. The summed E-state index contributed by atoms with van der Waals surface area (Å²) >= 11 is 2.49. The summed E-state index contributed by atoms with van der Waals surface area (Å²) in [6.07, 6.45) is 4.73. The molecule has 0 saturated heterocycles. The zero-order chi connectivity index (χ0) is 17.6. The van der Waals surface area contributed by atoms with Gasteiger partial charge in [-0.15, -0.1) is 21.5 Å². The minimum Gasteiger partial charge on any atom is -0.304 e. The highest BCUT2D eigenvalue weighted by atomic mass is 32.2. The number of hydrogen-bond acceptors (Lipinski definition) is 8. The van der Waals surface area contributed by atoms with E-state index in [1.807, 2.05) is 0 Å². The van der Waals surface area contributed by atoms with Gasteiger partial charge in [-0.2, -0.15) is 0 Å². The van der Waals surface area contributed by atoms with Crippen LogP contribution in [0.5, 0.6) is 0 Å². The Bertz CT molecular complexity index is 865. The Balaban J connectivity index is 1.53. The molecular weight excluding hydrogens is 362 g/mol. The fourth-order valence-electron chi connectivity index (χ4n) is 1.84. The van der Waals surface area contributed by atoms with Crippen LogP contribution in [0.3, 0.4) is 0 Å². The minimum atomic E-state index is -0.350. The number of hydrazine groups is 1. The second kappa shape index (κ2) is 7.85. The number of thiophene rings is 1. The van der Waals surface area contributed by atoms with Crippen LogP contribution < -0.4 is 10.9 Å². The maximum atomic E-state index is 11.9. The van der Waals surface area contributed by atoms with E-state index in [2.05, 4.69) is 31.0 Å². The van der Waals surface area contributed by atoms with E-state index >= 15 is 0 Å². The fourth-order valence-corrected chi connectivity index (χ4v) is 3.17. The zero-order valence-corrected chi connectivity index (χ0v) is 14.7. The van der Waals surface area contributed by atoms with Crippen LogP contribution in [0.25, 0.3) is 11.5 Å². The Morgan fingerprint density at radius 3 is 2.88 bits per heavy atom. The molecule has 25 heavy (non-hydrogen) atoms. The largest absolute Gasteiger partial charge is 0.304 e. The molecule has 0 aliphatic rings. The molecule has 0 radical (unpaired) electrons. The van der Waals surface area contributed by atoms with Crippen molar-refractivity contribution in [3.8, 4) is 11.5 Å². The van der Waals surface area contributed by atoms with Gasteiger partial charge in [0.25, 0.3) is 5.91 Å². The van der Waals surface area contributed by atoms with Crippen LogP contribution in [-0.4, -0.2) is 42.3 Å². The molecule has 3 aromatic rings. The first kappa shape index (κ1) is 17.0. The van der Waals surface area contributed by atoms with Gasteiger partial charge in [0.15, 0.2) is 11.0 Å². The van der Waals surface area contributed by atoms with Gasteiger partial charge >= 0.3 is 0 Å². The predicted octanol–water partition coefficient (Wildman–Crippen LogP) is 0.887. The minimum absolute atomic E-state index is 0.0805. The average Bonchev–Trinajstić information content (AvgIpc) is 3.29. The molecule has 0 aromatic carbocycles. The molecule has 2 amide bonds.